The SMILES string of the molecule is O=C(O)c1ccc(CCc2cc(CCc3ccc(C(=O)O)nc3)cc(-c3ccccc3-c3cnc(-c4[c-]cc(F)cc4)cc3-c3ccc(-c4ccccc4)cc3)c2)cn1.[Ir]. The maximum atomic E-state index is 13.9. The molecule has 8 aromatic rings. The van der Waals surface area contributed by atoms with E-state index in [0.717, 1.165) is 66.8 Å². The van der Waals surface area contributed by atoms with Gasteiger partial charge < -0.3 is 15.2 Å². The van der Waals surface area contributed by atoms with E-state index < -0.39 is 11.9 Å². The fraction of sp³-hybridized carbons (Fsp3) is 0.0784. The Kier molecular flexibility index (Phi) is 12.9. The van der Waals surface area contributed by atoms with Crippen LogP contribution in [0.2, 0.25) is 0 Å². The predicted molar refractivity (Wildman–Crippen MR) is 227 cm³/mol. The van der Waals surface area contributed by atoms with Gasteiger partial charge in [0, 0.05) is 50.1 Å². The molecule has 0 aliphatic rings. The monoisotopic (exact) mass is 967 g/mol. The minimum atomic E-state index is -1.06. The van der Waals surface area contributed by atoms with Crippen molar-refractivity contribution in [3.8, 4) is 55.8 Å². The number of hydrogen-bond acceptors (Lipinski definition) is 5. The van der Waals surface area contributed by atoms with Gasteiger partial charge in [-0.25, -0.2) is 19.6 Å². The summed E-state index contributed by atoms with van der Waals surface area (Å²) in [4.78, 5) is 35.9. The van der Waals surface area contributed by atoms with Gasteiger partial charge in [0.25, 0.3) is 0 Å². The molecule has 0 saturated heterocycles. The van der Waals surface area contributed by atoms with Gasteiger partial charge in [-0.05, 0) is 105 Å². The molecule has 0 amide bonds. The van der Waals surface area contributed by atoms with Crippen LogP contribution in [0.5, 0.6) is 0 Å². The molecule has 0 aliphatic carbocycles. The van der Waals surface area contributed by atoms with Gasteiger partial charge in [0.05, 0.1) is 0 Å². The molecule has 9 heteroatoms. The molecule has 1 radical (unpaired) electrons. The van der Waals surface area contributed by atoms with Crippen LogP contribution in [0, 0.1) is 11.9 Å². The van der Waals surface area contributed by atoms with Gasteiger partial charge in [-0.1, -0.05) is 115 Å². The minimum absolute atomic E-state index is 0. The standard InChI is InChI=1S/C51H37FN3O4.Ir/c52-42-22-20-40(21-23-42)49-29-45(39-18-16-38(17-19-39)37-6-2-1-3-7-37)46(32-55-49)44-9-5-4-8-43(44)41-27-35(12-10-33-14-24-47(50(56)57)53-30-33)26-36(28-41)13-11-34-15-25-48(51(58)59)54-31-34;/h1-9,14-20,22-32H,10-13H2,(H,56,57)(H,58,59);/q-1;. The maximum absolute atomic E-state index is 13.9. The van der Waals surface area contributed by atoms with E-state index in [9.17, 15) is 24.2 Å². The van der Waals surface area contributed by atoms with Gasteiger partial charge in [-0.3, -0.25) is 4.39 Å². The van der Waals surface area contributed by atoms with E-state index in [4.69, 9.17) is 4.98 Å². The number of halogens is 1. The fourth-order valence-electron chi connectivity index (χ4n) is 7.25. The Bertz CT molecular complexity index is 2680. The number of aromatic nitrogens is 3. The topological polar surface area (TPSA) is 113 Å². The van der Waals surface area contributed by atoms with Crippen molar-refractivity contribution in [2.45, 2.75) is 25.7 Å². The number of carboxylic acid groups (broad SMARTS) is 2. The smallest absolute Gasteiger partial charge is 0.354 e. The van der Waals surface area contributed by atoms with Crippen molar-refractivity contribution in [3.05, 3.63) is 210 Å². The summed E-state index contributed by atoms with van der Waals surface area (Å²) >= 11 is 0. The third kappa shape index (κ3) is 9.67. The van der Waals surface area contributed by atoms with Crippen LogP contribution in [-0.4, -0.2) is 37.1 Å². The number of benzene rings is 5. The first kappa shape index (κ1) is 41.2. The summed E-state index contributed by atoms with van der Waals surface area (Å²) in [5.74, 6) is -2.49. The van der Waals surface area contributed by atoms with Crippen LogP contribution in [0.1, 0.15) is 43.2 Å². The van der Waals surface area contributed by atoms with E-state index in [-0.39, 0.29) is 37.3 Å². The normalized spacial score (nSPS) is 10.8. The van der Waals surface area contributed by atoms with Gasteiger partial charge in [0.2, 0.25) is 0 Å². The van der Waals surface area contributed by atoms with E-state index >= 15 is 0 Å². The largest absolute Gasteiger partial charge is 0.477 e. The van der Waals surface area contributed by atoms with Crippen molar-refractivity contribution >= 4 is 11.9 Å². The maximum Gasteiger partial charge on any atom is 0.354 e. The fourth-order valence-corrected chi connectivity index (χ4v) is 7.25. The first-order valence-electron chi connectivity index (χ1n) is 19.2. The first-order chi connectivity index (χ1) is 28.8. The molecule has 3 heterocycles. The Morgan fingerprint density at radius 3 is 1.58 bits per heavy atom. The minimum Gasteiger partial charge on any atom is -0.477 e. The number of pyridine rings is 3. The summed E-state index contributed by atoms with van der Waals surface area (Å²) in [6.45, 7) is 0. The molecular weight excluding hydrogens is 930 g/mol. The van der Waals surface area contributed by atoms with E-state index in [2.05, 4.69) is 82.8 Å². The number of carboxylic acids is 2. The molecule has 5 aromatic carbocycles. The molecule has 0 atom stereocenters. The Labute approximate surface area is 360 Å². The number of rotatable bonds is 13. The molecule has 60 heavy (non-hydrogen) atoms. The molecule has 8 rings (SSSR count). The number of hydrogen-bond donors (Lipinski definition) is 2. The van der Waals surface area contributed by atoms with Gasteiger partial charge in [-0.15, -0.1) is 29.8 Å². The second-order valence-electron chi connectivity index (χ2n) is 14.3. The zero-order chi connectivity index (χ0) is 40.7. The molecule has 0 spiro atoms. The average molecular weight is 967 g/mol. The molecule has 7 nitrogen and oxygen atoms in total. The van der Waals surface area contributed by atoms with Crippen molar-refractivity contribution in [2.75, 3.05) is 0 Å². The number of nitrogens with zero attached hydrogens (tertiary/aromatic N) is 3. The molecule has 0 unspecified atom stereocenters. The summed E-state index contributed by atoms with van der Waals surface area (Å²) in [7, 11) is 0. The Hall–Kier alpha value is -6.93. The van der Waals surface area contributed by atoms with Crippen LogP contribution in [0.3, 0.4) is 0 Å². The predicted octanol–water partition coefficient (Wildman–Crippen LogP) is 11.1. The quantitative estimate of drug-likeness (QED) is 0.111. The summed E-state index contributed by atoms with van der Waals surface area (Å²) in [6.07, 6.45) is 7.82. The van der Waals surface area contributed by atoms with E-state index in [0.29, 0.717) is 36.9 Å². The molecule has 3 aromatic heterocycles. The van der Waals surface area contributed by atoms with Gasteiger partial charge in [0.15, 0.2) is 0 Å². The number of aromatic carboxylic acids is 2. The summed E-state index contributed by atoms with van der Waals surface area (Å²) < 4.78 is 13.9. The summed E-state index contributed by atoms with van der Waals surface area (Å²) in [5, 5.41) is 18.7. The average Bonchev–Trinajstić information content (AvgIpc) is 3.28. The third-order valence-electron chi connectivity index (χ3n) is 10.3. The molecule has 0 bridgehead atoms. The van der Waals surface area contributed by atoms with Crippen LogP contribution in [0.4, 0.5) is 4.39 Å². The molecule has 0 saturated carbocycles. The van der Waals surface area contributed by atoms with E-state index in [1.165, 1.54) is 24.3 Å². The van der Waals surface area contributed by atoms with Crippen molar-refractivity contribution < 1.29 is 44.3 Å². The van der Waals surface area contributed by atoms with E-state index in [1.807, 2.05) is 42.6 Å². The number of carbonyl (C=O) groups is 2. The molecule has 0 aliphatic heterocycles. The van der Waals surface area contributed by atoms with E-state index in [1.54, 1.807) is 30.6 Å². The molecule has 297 valence electrons. The van der Waals surface area contributed by atoms with Crippen molar-refractivity contribution in [1.82, 2.24) is 15.0 Å². The van der Waals surface area contributed by atoms with Crippen molar-refractivity contribution in [2.24, 2.45) is 0 Å². The Balaban J connectivity index is 0.00000544. The summed E-state index contributed by atoms with van der Waals surface area (Å²) in [5.41, 5.74) is 13.6. The Morgan fingerprint density at radius 2 is 1.03 bits per heavy atom. The van der Waals surface area contributed by atoms with Crippen LogP contribution in [0.25, 0.3) is 55.8 Å². The zero-order valence-electron chi connectivity index (χ0n) is 32.2. The first-order valence-corrected chi connectivity index (χ1v) is 19.2. The second-order valence-corrected chi connectivity index (χ2v) is 14.3. The van der Waals surface area contributed by atoms with Gasteiger partial charge in [-0.2, -0.15) is 0 Å². The summed E-state index contributed by atoms with van der Waals surface area (Å²) in [6, 6.07) is 49.8. The van der Waals surface area contributed by atoms with Crippen LogP contribution >= 0.6 is 0 Å². The van der Waals surface area contributed by atoms with Crippen molar-refractivity contribution in [3.63, 3.8) is 0 Å². The van der Waals surface area contributed by atoms with Gasteiger partial charge >= 0.3 is 11.9 Å². The Morgan fingerprint density at radius 1 is 0.483 bits per heavy atom. The van der Waals surface area contributed by atoms with Crippen LogP contribution in [-0.2, 0) is 45.8 Å². The third-order valence-corrected chi connectivity index (χ3v) is 10.3. The van der Waals surface area contributed by atoms with Crippen LogP contribution < -0.4 is 0 Å². The molecule has 0 fully saturated rings. The van der Waals surface area contributed by atoms with Crippen molar-refractivity contribution in [1.29, 1.82) is 0 Å². The molecule has 2 N–H and O–H groups in total. The van der Waals surface area contributed by atoms with Gasteiger partial charge in [0.1, 0.15) is 11.4 Å². The molecular formula is C51H37FIrN3O4-. The number of aryl methyl sites for hydroxylation is 4. The second kappa shape index (κ2) is 18.8. The zero-order valence-corrected chi connectivity index (χ0v) is 34.6. The van der Waals surface area contributed by atoms with Crippen LogP contribution in [0.15, 0.2) is 164 Å².